The summed E-state index contributed by atoms with van der Waals surface area (Å²) in [5.41, 5.74) is -6.26. The van der Waals surface area contributed by atoms with Gasteiger partial charge < -0.3 is 76.2 Å². The number of carboxylic acid groups (broad SMARTS) is 1. The number of nitrogens with zero attached hydrogens (tertiary/aromatic N) is 6. The van der Waals surface area contributed by atoms with Crippen LogP contribution in [0, 0.1) is 41.4 Å². The van der Waals surface area contributed by atoms with Crippen LogP contribution in [0.25, 0.3) is 0 Å². The molecule has 3 aliphatic heterocycles. The number of amides is 4. The standard InChI is InChI=1S/C32H38F3N3O5.C30H35F3N2O4.C29H31F3N2O4.CH4.CH3.HI.Mg/c1-29(2,3)22-12-15-31(16-13-22)37-26(21-6-5-7-24(18-21)32(33,34)35)28(42)38(31)19-30(4,43)23-10-8-20(9-11-23)27(41)36-17-14-25(39)40;1-27(2,3)21-13-15-29(16-14-21)34-24(20-7-6-8-23(17-20)30(31,32)33)25(36)35(29)18-28(4,38)22-11-9-19(10-12-22)26(37)39-5;1-27(2,3)21-12-14-28(15-13-21)33-24(20-6-5-7-22(16-20)29(30,31)32)25(36)34(28)17-23(35)18-8-10-19(11-9-18)26(37)38-4;;;;/h5-11,18,22,43H,12-17,19H2,1-4H3,(H,36,41)(H,39,40);6-12,17,21,38H,13-16,18H2,1-5H3;5-11,16,21H,12-15,17H2,1-4H3;1H4;1H3;1H;/q;;;;-1;;+2/p-1. The van der Waals surface area contributed by atoms with Crippen LogP contribution in [-0.4, -0.2) is 175 Å². The molecule has 3 spiro atoms. The van der Waals surface area contributed by atoms with E-state index in [2.05, 4.69) is 72.4 Å². The molecule has 0 bridgehead atoms. The third kappa shape index (κ3) is 23.8. The van der Waals surface area contributed by atoms with E-state index in [0.717, 1.165) is 74.9 Å². The molecule has 124 heavy (non-hydrogen) atoms. The smallest absolute Gasteiger partial charge is 1.00 e. The average Bonchev–Trinajstić information content (AvgIpc) is 1.58. The van der Waals surface area contributed by atoms with Crippen LogP contribution in [0.2, 0.25) is 0 Å². The predicted molar refractivity (Wildman–Crippen MR) is 450 cm³/mol. The number of benzene rings is 6. The van der Waals surface area contributed by atoms with E-state index in [1.807, 2.05) is 0 Å². The number of aliphatic hydroxyl groups is 2. The van der Waals surface area contributed by atoms with Gasteiger partial charge in [0.05, 0.1) is 68.1 Å². The molecule has 4 amide bonds. The number of carbonyl (C=O) groups is 8. The number of ketones is 1. The number of carboxylic acids is 1. The Hall–Kier alpha value is -8.92. The topological polar surface area (TPSA) is 275 Å². The number of nitrogens with one attached hydrogen (secondary N) is 1. The van der Waals surface area contributed by atoms with Crippen molar-refractivity contribution in [1.82, 2.24) is 20.0 Å². The Balaban J connectivity index is 0.000000284. The molecular weight excluding hydrogens is 1750 g/mol. The monoisotopic (exact) mass is 1860 g/mol. The fourth-order valence-corrected chi connectivity index (χ4v) is 17.0. The number of methoxy groups -OCH3 is 2. The summed E-state index contributed by atoms with van der Waals surface area (Å²) in [7, 11) is 2.54. The van der Waals surface area contributed by atoms with Gasteiger partial charge in [0.25, 0.3) is 23.6 Å². The van der Waals surface area contributed by atoms with E-state index in [4.69, 9.17) is 24.8 Å². The molecule has 20 nitrogen and oxygen atoms in total. The molecule has 2 unspecified atom stereocenters. The van der Waals surface area contributed by atoms with Crippen molar-refractivity contribution in [3.8, 4) is 0 Å². The van der Waals surface area contributed by atoms with Crippen LogP contribution in [0.3, 0.4) is 0 Å². The maximum atomic E-state index is 13.9. The van der Waals surface area contributed by atoms with Crippen LogP contribution in [0.15, 0.2) is 161 Å². The van der Waals surface area contributed by atoms with Crippen molar-refractivity contribution < 1.29 is 127 Å². The summed E-state index contributed by atoms with van der Waals surface area (Å²) in [5.74, 6) is -3.33. The SMILES string of the molecule is C.CC(O)(CN1C(=O)C(c2cccc(C(F)(F)F)c2)=NC12CCC(C(C)(C)C)CC2)c1ccc(C(=O)NCCC(=O)O)cc1.COC(=O)c1ccc(C(=O)CN2C(=O)C(c3cccc(C(F)(F)F)c3)=NC23CCC(C(C)(C)C)CC3)cc1.COC(=O)c1ccc(C(C)(O)CN2C(=O)C(c3cccc(C(F)(F)F)c3)=NC23CCC(C(C)(C)C)CC3)cc1.[CH3-].[I-].[Mg+2]. The van der Waals surface area contributed by atoms with E-state index in [1.165, 1.54) is 114 Å². The van der Waals surface area contributed by atoms with Crippen LogP contribution in [0.4, 0.5) is 39.5 Å². The van der Waals surface area contributed by atoms with E-state index < -0.39 is 105 Å². The number of hydrogen-bond acceptors (Lipinski definition) is 15. The number of hydrogen-bond donors (Lipinski definition) is 4. The van der Waals surface area contributed by atoms with Gasteiger partial charge in [-0.05, 0) is 209 Å². The molecule has 3 saturated carbocycles. The summed E-state index contributed by atoms with van der Waals surface area (Å²) in [6, 6.07) is 32.2. The van der Waals surface area contributed by atoms with Crippen molar-refractivity contribution in [2.45, 2.75) is 214 Å². The van der Waals surface area contributed by atoms with Gasteiger partial charge in [-0.2, -0.15) is 39.5 Å². The Kier molecular flexibility index (Phi) is 33.5. The minimum absolute atomic E-state index is 0. The third-order valence-corrected chi connectivity index (χ3v) is 24.4. The normalized spacial score (nSPS) is 21.9. The molecule has 6 aliphatic rings. The van der Waals surface area contributed by atoms with Crippen molar-refractivity contribution in [1.29, 1.82) is 0 Å². The van der Waals surface area contributed by atoms with E-state index in [9.17, 15) is 88.1 Å². The second-order valence-corrected chi connectivity index (χ2v) is 35.7. The Morgan fingerprint density at radius 1 is 0.435 bits per heavy atom. The van der Waals surface area contributed by atoms with Crippen LogP contribution in [0.5, 0.6) is 0 Å². The summed E-state index contributed by atoms with van der Waals surface area (Å²) in [5, 5.41) is 34.5. The number of aliphatic carboxylic acids is 1. The molecule has 2 atom stereocenters. The molecule has 0 aromatic heterocycles. The van der Waals surface area contributed by atoms with Gasteiger partial charge in [0.15, 0.2) is 5.78 Å². The van der Waals surface area contributed by atoms with Crippen molar-refractivity contribution in [2.24, 2.45) is 49.0 Å². The summed E-state index contributed by atoms with van der Waals surface area (Å²) in [6.45, 7) is 22.0. The van der Waals surface area contributed by atoms with Crippen LogP contribution in [0.1, 0.15) is 253 Å². The zero-order chi connectivity index (χ0) is 88.5. The number of Topliss-reactive ketones (excluding diaryl/α,β-unsaturated/α-hetero) is 1. The number of halogens is 10. The summed E-state index contributed by atoms with van der Waals surface area (Å²) < 4.78 is 130. The molecule has 3 fully saturated rings. The third-order valence-electron chi connectivity index (χ3n) is 24.4. The van der Waals surface area contributed by atoms with Gasteiger partial charge in [-0.25, -0.2) is 9.59 Å². The van der Waals surface area contributed by atoms with E-state index in [-0.39, 0.29) is 161 Å². The van der Waals surface area contributed by atoms with E-state index in [0.29, 0.717) is 78.5 Å². The first-order chi connectivity index (χ1) is 55.7. The van der Waals surface area contributed by atoms with Gasteiger partial charge in [0.1, 0.15) is 45.3 Å². The first-order valence-electron chi connectivity index (χ1n) is 40.0. The fourth-order valence-electron chi connectivity index (χ4n) is 17.0. The number of carbonyl (C=O) groups excluding carboxylic acids is 7. The largest absolute Gasteiger partial charge is 2.00 e. The molecule has 668 valence electrons. The van der Waals surface area contributed by atoms with Crippen LogP contribution < -0.4 is 29.3 Å². The van der Waals surface area contributed by atoms with Gasteiger partial charge in [0.2, 0.25) is 0 Å². The molecule has 4 N–H and O–H groups in total. The summed E-state index contributed by atoms with van der Waals surface area (Å²) >= 11 is 0. The van der Waals surface area contributed by atoms with Crippen LogP contribution in [-0.2, 0) is 58.4 Å². The molecular formula is C93H111F9IMgN7O13. The van der Waals surface area contributed by atoms with Gasteiger partial charge in [0, 0.05) is 34.4 Å². The van der Waals surface area contributed by atoms with Crippen LogP contribution >= 0.6 is 0 Å². The Bertz CT molecular complexity index is 4930. The molecule has 0 radical (unpaired) electrons. The second-order valence-electron chi connectivity index (χ2n) is 35.7. The minimum atomic E-state index is -4.58. The Morgan fingerprint density at radius 3 is 0.992 bits per heavy atom. The molecule has 6 aromatic carbocycles. The zero-order valence-electron chi connectivity index (χ0n) is 71.7. The number of rotatable bonds is 18. The fraction of sp³-hybridized carbons (Fsp3) is 0.484. The van der Waals surface area contributed by atoms with Gasteiger partial charge >= 0.3 is 59.5 Å². The number of esters is 2. The average molecular weight is 1860 g/mol. The van der Waals surface area contributed by atoms with Crippen molar-refractivity contribution >= 4 is 87.5 Å². The molecule has 0 saturated heterocycles. The zero-order valence-corrected chi connectivity index (χ0v) is 75.3. The van der Waals surface area contributed by atoms with Crippen molar-refractivity contribution in [3.05, 3.63) is 220 Å². The molecule has 3 aliphatic carbocycles. The van der Waals surface area contributed by atoms with Crippen molar-refractivity contribution in [2.75, 3.05) is 40.4 Å². The molecule has 31 heteroatoms. The maximum Gasteiger partial charge on any atom is 2.00 e. The number of β-amino-alcohol motifs (C(OH)–C–C–N with tert-alkyl or cyclic N) is 2. The Labute approximate surface area is 752 Å². The van der Waals surface area contributed by atoms with Gasteiger partial charge in [-0.1, -0.05) is 143 Å². The second kappa shape index (κ2) is 40.0. The molecule has 12 rings (SSSR count). The van der Waals surface area contributed by atoms with E-state index in [1.54, 1.807) is 38.1 Å². The summed E-state index contributed by atoms with van der Waals surface area (Å²) in [6.07, 6.45) is -6.13. The number of alkyl halides is 9. The Morgan fingerprint density at radius 2 is 0.710 bits per heavy atom. The van der Waals surface area contributed by atoms with Gasteiger partial charge in [-0.3, -0.25) is 43.7 Å². The molecule has 3 heterocycles. The minimum Gasteiger partial charge on any atom is -1.00 e. The first-order valence-corrected chi connectivity index (χ1v) is 40.0. The van der Waals surface area contributed by atoms with Gasteiger partial charge in [-0.15, -0.1) is 0 Å². The molecule has 6 aromatic rings. The van der Waals surface area contributed by atoms with E-state index >= 15 is 0 Å². The number of aliphatic imine (C=N–C) groups is 3. The predicted octanol–water partition coefficient (Wildman–Crippen LogP) is 15.0. The first kappa shape index (κ1) is 104. The van der Waals surface area contributed by atoms with Crippen molar-refractivity contribution in [3.63, 3.8) is 0 Å². The maximum absolute atomic E-state index is 13.9. The quantitative estimate of drug-likeness (QED) is 0.0156. The number of ether oxygens (including phenoxy) is 2. The summed E-state index contributed by atoms with van der Waals surface area (Å²) in [4.78, 5) is 120.